The molecule has 0 saturated heterocycles. The molecule has 0 atom stereocenters. The standard InChI is InChI=1S/C6H2BrClFNO4S/c7-5-4(10(11)12)2-1-3(9)6(5)15(8,13)14/h1-2H. The van der Waals surface area contributed by atoms with E-state index in [1.165, 1.54) is 0 Å². The highest BCUT2D eigenvalue weighted by Crippen LogP contribution is 2.34. The number of hydrogen-bond acceptors (Lipinski definition) is 4. The van der Waals surface area contributed by atoms with Gasteiger partial charge in [-0.1, -0.05) is 0 Å². The molecule has 0 heterocycles. The summed E-state index contributed by atoms with van der Waals surface area (Å²) >= 11 is 2.62. The molecule has 0 amide bonds. The van der Waals surface area contributed by atoms with Gasteiger partial charge >= 0.3 is 0 Å². The van der Waals surface area contributed by atoms with E-state index in [2.05, 4.69) is 15.9 Å². The highest BCUT2D eigenvalue weighted by Gasteiger charge is 2.26. The second-order valence-corrected chi connectivity index (χ2v) is 5.70. The highest BCUT2D eigenvalue weighted by atomic mass is 79.9. The van der Waals surface area contributed by atoms with Crippen molar-refractivity contribution in [3.05, 3.63) is 32.5 Å². The summed E-state index contributed by atoms with van der Waals surface area (Å²) in [5.74, 6) is -1.15. The van der Waals surface area contributed by atoms with Gasteiger partial charge in [-0.15, -0.1) is 0 Å². The molecule has 0 aliphatic carbocycles. The Kier molecular flexibility index (Phi) is 3.31. The van der Waals surface area contributed by atoms with Crippen LogP contribution < -0.4 is 0 Å². The van der Waals surface area contributed by atoms with E-state index < -0.39 is 34.8 Å². The first kappa shape index (κ1) is 12.3. The molecule has 1 aromatic rings. The fourth-order valence-electron chi connectivity index (χ4n) is 0.887. The monoisotopic (exact) mass is 317 g/mol. The molecular formula is C6H2BrClFNO4S. The first-order chi connectivity index (χ1) is 6.75. The molecule has 1 aromatic carbocycles. The van der Waals surface area contributed by atoms with E-state index in [0.717, 1.165) is 6.07 Å². The average molecular weight is 319 g/mol. The Morgan fingerprint density at radius 2 is 2.00 bits per heavy atom. The predicted molar refractivity (Wildman–Crippen MR) is 53.8 cm³/mol. The van der Waals surface area contributed by atoms with Gasteiger partial charge in [-0.3, -0.25) is 10.1 Å². The molecule has 9 heteroatoms. The molecule has 0 saturated carbocycles. The van der Waals surface area contributed by atoms with Crippen LogP contribution in [0.3, 0.4) is 0 Å². The quantitative estimate of drug-likeness (QED) is 0.476. The van der Waals surface area contributed by atoms with Crippen molar-refractivity contribution in [2.45, 2.75) is 4.90 Å². The van der Waals surface area contributed by atoms with Crippen LogP contribution in [0.25, 0.3) is 0 Å². The lowest BCUT2D eigenvalue weighted by Gasteiger charge is -2.02. The van der Waals surface area contributed by atoms with Crippen LogP contribution in [0.5, 0.6) is 0 Å². The fourth-order valence-corrected chi connectivity index (χ4v) is 3.34. The lowest BCUT2D eigenvalue weighted by Crippen LogP contribution is -2.00. The number of nitrogens with zero attached hydrogens (tertiary/aromatic N) is 1. The van der Waals surface area contributed by atoms with Crippen molar-refractivity contribution in [1.82, 2.24) is 0 Å². The van der Waals surface area contributed by atoms with Crippen LogP contribution in [0.4, 0.5) is 10.1 Å². The summed E-state index contributed by atoms with van der Waals surface area (Å²) in [6, 6.07) is 1.50. The zero-order valence-corrected chi connectivity index (χ0v) is 9.94. The zero-order chi connectivity index (χ0) is 11.8. The Labute approximate surface area is 96.5 Å². The molecule has 0 aliphatic rings. The van der Waals surface area contributed by atoms with Gasteiger partial charge in [0, 0.05) is 16.7 Å². The Morgan fingerprint density at radius 3 is 2.40 bits per heavy atom. The minimum absolute atomic E-state index is 0.498. The number of benzene rings is 1. The molecule has 0 N–H and O–H groups in total. The molecular weight excluding hydrogens is 316 g/mol. The van der Waals surface area contributed by atoms with Crippen molar-refractivity contribution < 1.29 is 17.7 Å². The molecule has 0 aromatic heterocycles. The molecule has 0 radical (unpaired) electrons. The molecule has 0 unspecified atom stereocenters. The third kappa shape index (κ3) is 2.44. The van der Waals surface area contributed by atoms with Gasteiger partial charge in [0.15, 0.2) is 0 Å². The first-order valence-electron chi connectivity index (χ1n) is 3.32. The largest absolute Gasteiger partial charge is 0.285 e. The van der Waals surface area contributed by atoms with E-state index in [-0.39, 0.29) is 0 Å². The van der Waals surface area contributed by atoms with Gasteiger partial charge in [0.05, 0.1) is 4.92 Å². The van der Waals surface area contributed by atoms with Crippen LogP contribution in [-0.4, -0.2) is 13.3 Å². The SMILES string of the molecule is O=[N+]([O-])c1ccc(F)c(S(=O)(=O)Cl)c1Br. The van der Waals surface area contributed by atoms with Crippen molar-refractivity contribution in [1.29, 1.82) is 0 Å². The maximum Gasteiger partial charge on any atom is 0.285 e. The summed E-state index contributed by atoms with van der Waals surface area (Å²) in [6.45, 7) is 0. The summed E-state index contributed by atoms with van der Waals surface area (Å²) in [5, 5.41) is 10.4. The van der Waals surface area contributed by atoms with E-state index in [4.69, 9.17) is 10.7 Å². The molecule has 0 aliphatic heterocycles. The first-order valence-corrected chi connectivity index (χ1v) is 6.42. The van der Waals surface area contributed by atoms with Crippen molar-refractivity contribution >= 4 is 41.4 Å². The van der Waals surface area contributed by atoms with Gasteiger partial charge in [0.25, 0.3) is 14.7 Å². The van der Waals surface area contributed by atoms with Crippen molar-refractivity contribution in [3.63, 3.8) is 0 Å². The minimum Gasteiger partial charge on any atom is -0.258 e. The number of hydrogen-bond donors (Lipinski definition) is 0. The van der Waals surface area contributed by atoms with E-state index in [0.29, 0.717) is 6.07 Å². The second-order valence-electron chi connectivity index (χ2n) is 2.40. The van der Waals surface area contributed by atoms with Crippen LogP contribution in [0.1, 0.15) is 0 Å². The average Bonchev–Trinajstić information content (AvgIpc) is 2.00. The third-order valence-electron chi connectivity index (χ3n) is 1.47. The normalized spacial score (nSPS) is 11.4. The Hall–Kier alpha value is -0.730. The van der Waals surface area contributed by atoms with E-state index >= 15 is 0 Å². The number of rotatable bonds is 2. The fraction of sp³-hybridized carbons (Fsp3) is 0. The predicted octanol–water partition coefficient (Wildman–Crippen LogP) is 2.42. The van der Waals surface area contributed by atoms with Crippen LogP contribution >= 0.6 is 26.6 Å². The molecule has 15 heavy (non-hydrogen) atoms. The molecule has 1 rings (SSSR count). The maximum atomic E-state index is 13.1. The smallest absolute Gasteiger partial charge is 0.258 e. The second kappa shape index (κ2) is 4.03. The van der Waals surface area contributed by atoms with Gasteiger partial charge in [0.2, 0.25) is 0 Å². The summed E-state index contributed by atoms with van der Waals surface area (Å²) in [7, 11) is 0.551. The lowest BCUT2D eigenvalue weighted by atomic mass is 10.3. The van der Waals surface area contributed by atoms with Gasteiger partial charge in [0.1, 0.15) is 15.2 Å². The molecule has 0 fully saturated rings. The topological polar surface area (TPSA) is 77.3 Å². The van der Waals surface area contributed by atoms with Gasteiger partial charge in [-0.05, 0) is 22.0 Å². The number of nitro groups is 1. The van der Waals surface area contributed by atoms with E-state index in [1.54, 1.807) is 0 Å². The zero-order valence-electron chi connectivity index (χ0n) is 6.78. The number of halogens is 3. The van der Waals surface area contributed by atoms with E-state index in [1.807, 2.05) is 0 Å². The van der Waals surface area contributed by atoms with Crippen molar-refractivity contribution in [2.24, 2.45) is 0 Å². The van der Waals surface area contributed by atoms with Crippen LogP contribution in [0.15, 0.2) is 21.5 Å². The summed E-state index contributed by atoms with van der Waals surface area (Å²) in [6.07, 6.45) is 0. The van der Waals surface area contributed by atoms with Gasteiger partial charge < -0.3 is 0 Å². The van der Waals surface area contributed by atoms with Gasteiger partial charge in [-0.25, -0.2) is 12.8 Å². The van der Waals surface area contributed by atoms with Gasteiger partial charge in [-0.2, -0.15) is 0 Å². The van der Waals surface area contributed by atoms with Crippen molar-refractivity contribution in [2.75, 3.05) is 0 Å². The summed E-state index contributed by atoms with van der Waals surface area (Å²) in [4.78, 5) is 8.64. The van der Waals surface area contributed by atoms with Crippen molar-refractivity contribution in [3.8, 4) is 0 Å². The number of nitro benzene ring substituents is 1. The highest BCUT2D eigenvalue weighted by molar-refractivity contribution is 9.10. The van der Waals surface area contributed by atoms with E-state index in [9.17, 15) is 22.9 Å². The maximum absolute atomic E-state index is 13.1. The Morgan fingerprint density at radius 1 is 1.47 bits per heavy atom. The third-order valence-corrected chi connectivity index (χ3v) is 3.88. The van der Waals surface area contributed by atoms with Crippen LogP contribution in [0, 0.1) is 15.9 Å². The van der Waals surface area contributed by atoms with Crippen LogP contribution in [0.2, 0.25) is 0 Å². The Balaban J connectivity index is 3.66. The molecule has 0 bridgehead atoms. The summed E-state index contributed by atoms with van der Waals surface area (Å²) in [5.41, 5.74) is -0.573. The van der Waals surface area contributed by atoms with Crippen LogP contribution in [-0.2, 0) is 9.05 Å². The summed E-state index contributed by atoms with van der Waals surface area (Å²) < 4.78 is 34.4. The molecule has 0 spiro atoms. The molecule has 82 valence electrons. The Bertz CT molecular complexity index is 532. The lowest BCUT2D eigenvalue weighted by molar-refractivity contribution is -0.386. The molecule has 5 nitrogen and oxygen atoms in total. The minimum atomic E-state index is -4.37.